The van der Waals surface area contributed by atoms with Crippen LogP contribution in [0.25, 0.3) is 0 Å². The van der Waals surface area contributed by atoms with Crippen molar-refractivity contribution in [2.45, 2.75) is 30.8 Å². The van der Waals surface area contributed by atoms with E-state index in [0.717, 1.165) is 0 Å². The third kappa shape index (κ3) is 1.11. The maximum absolute atomic E-state index is 13.3. The van der Waals surface area contributed by atoms with Crippen LogP contribution in [0.5, 0.6) is 0 Å². The summed E-state index contributed by atoms with van der Waals surface area (Å²) in [5.41, 5.74) is 0. The highest BCUT2D eigenvalue weighted by molar-refractivity contribution is 5.57. The van der Waals surface area contributed by atoms with E-state index >= 15 is 0 Å². The van der Waals surface area contributed by atoms with Crippen LogP contribution in [-0.2, 0) is 9.53 Å². The minimum absolute atomic E-state index is 0.0271. The average Bonchev–Trinajstić information content (AvgIpc) is 2.55. The van der Waals surface area contributed by atoms with Crippen molar-refractivity contribution in [3.05, 3.63) is 0 Å². The molecule has 0 radical (unpaired) electrons. The standard InChI is InChI=1S/C8H10F2O4/c9-8(10)6(13)4(2-11)3-1-5(12)14-7(3)8/h2-7,12-13H,1H2/t3-,4-,5?,6+,7-/m1/s1. The molecule has 0 spiro atoms. The summed E-state index contributed by atoms with van der Waals surface area (Å²) in [5.74, 6) is -5.38. The van der Waals surface area contributed by atoms with Gasteiger partial charge in [-0.3, -0.25) is 0 Å². The lowest BCUT2D eigenvalue weighted by atomic mass is 9.93. The van der Waals surface area contributed by atoms with E-state index in [4.69, 9.17) is 10.2 Å². The van der Waals surface area contributed by atoms with Crippen molar-refractivity contribution in [3.63, 3.8) is 0 Å². The molecule has 0 amide bonds. The molecule has 1 heterocycles. The number of alkyl halides is 2. The van der Waals surface area contributed by atoms with Crippen LogP contribution in [0.3, 0.4) is 0 Å². The maximum Gasteiger partial charge on any atom is 0.300 e. The molecule has 0 aromatic carbocycles. The molecule has 5 atom stereocenters. The van der Waals surface area contributed by atoms with E-state index < -0.39 is 36.3 Å². The molecule has 14 heavy (non-hydrogen) atoms. The molecule has 1 aliphatic carbocycles. The first kappa shape index (κ1) is 9.95. The van der Waals surface area contributed by atoms with Gasteiger partial charge in [-0.15, -0.1) is 0 Å². The van der Waals surface area contributed by atoms with Gasteiger partial charge in [0.25, 0.3) is 5.92 Å². The van der Waals surface area contributed by atoms with Crippen LogP contribution in [0.4, 0.5) is 8.78 Å². The molecule has 1 unspecified atom stereocenters. The van der Waals surface area contributed by atoms with Crippen molar-refractivity contribution >= 4 is 6.29 Å². The molecular formula is C8H10F2O4. The van der Waals surface area contributed by atoms with E-state index in [1.54, 1.807) is 0 Å². The monoisotopic (exact) mass is 208 g/mol. The summed E-state index contributed by atoms with van der Waals surface area (Å²) in [4.78, 5) is 10.5. The van der Waals surface area contributed by atoms with Gasteiger partial charge in [-0.25, -0.2) is 8.78 Å². The van der Waals surface area contributed by atoms with Crippen molar-refractivity contribution in [2.24, 2.45) is 11.8 Å². The minimum atomic E-state index is -3.45. The molecule has 4 nitrogen and oxygen atoms in total. The van der Waals surface area contributed by atoms with Gasteiger partial charge in [0, 0.05) is 12.3 Å². The maximum atomic E-state index is 13.3. The summed E-state index contributed by atoms with van der Waals surface area (Å²) in [5, 5.41) is 18.2. The summed E-state index contributed by atoms with van der Waals surface area (Å²) in [6.07, 6.45) is -4.51. The van der Waals surface area contributed by atoms with Gasteiger partial charge >= 0.3 is 0 Å². The number of fused-ring (bicyclic) bond motifs is 1. The van der Waals surface area contributed by atoms with Gasteiger partial charge in [-0.05, 0) is 0 Å². The molecule has 1 aliphatic heterocycles. The molecule has 1 saturated carbocycles. The lowest BCUT2D eigenvalue weighted by Gasteiger charge is -2.20. The molecule has 80 valence electrons. The first-order valence-electron chi connectivity index (χ1n) is 4.33. The van der Waals surface area contributed by atoms with Crippen LogP contribution in [0.15, 0.2) is 0 Å². The highest BCUT2D eigenvalue weighted by Gasteiger charge is 2.66. The molecule has 0 aromatic rings. The Bertz CT molecular complexity index is 258. The van der Waals surface area contributed by atoms with E-state index in [1.807, 2.05) is 0 Å². The second kappa shape index (κ2) is 2.95. The smallest absolute Gasteiger partial charge is 0.300 e. The Labute approximate surface area is 78.5 Å². The van der Waals surface area contributed by atoms with Gasteiger partial charge in [0.2, 0.25) is 0 Å². The van der Waals surface area contributed by atoms with Gasteiger partial charge in [0.15, 0.2) is 6.29 Å². The normalized spacial score (nSPS) is 50.4. The SMILES string of the molecule is O=C[C@@H]1[C@H]2CC(O)O[C@H]2C(F)(F)[C@H]1O. The number of hydrogen-bond donors (Lipinski definition) is 2. The quantitative estimate of drug-likeness (QED) is 0.572. The highest BCUT2D eigenvalue weighted by atomic mass is 19.3. The Morgan fingerprint density at radius 1 is 1.43 bits per heavy atom. The zero-order valence-electron chi connectivity index (χ0n) is 7.14. The van der Waals surface area contributed by atoms with E-state index in [-0.39, 0.29) is 6.42 Å². The Hall–Kier alpha value is -0.590. The molecule has 2 aliphatic rings. The lowest BCUT2D eigenvalue weighted by molar-refractivity contribution is -0.198. The fourth-order valence-electron chi connectivity index (χ4n) is 2.25. The number of ether oxygens (including phenoxy) is 1. The van der Waals surface area contributed by atoms with Crippen molar-refractivity contribution in [2.75, 3.05) is 0 Å². The van der Waals surface area contributed by atoms with Crippen molar-refractivity contribution < 1.29 is 28.5 Å². The van der Waals surface area contributed by atoms with Gasteiger partial charge in [-0.1, -0.05) is 0 Å². The molecule has 2 fully saturated rings. The van der Waals surface area contributed by atoms with Gasteiger partial charge in [0.1, 0.15) is 18.5 Å². The number of halogens is 2. The largest absolute Gasteiger partial charge is 0.386 e. The second-order valence-corrected chi connectivity index (χ2v) is 3.74. The second-order valence-electron chi connectivity index (χ2n) is 3.74. The van der Waals surface area contributed by atoms with Crippen LogP contribution in [0.1, 0.15) is 6.42 Å². The Kier molecular flexibility index (Phi) is 2.09. The van der Waals surface area contributed by atoms with Crippen LogP contribution in [0.2, 0.25) is 0 Å². The van der Waals surface area contributed by atoms with E-state index in [1.165, 1.54) is 0 Å². The molecule has 2 rings (SSSR count). The molecular weight excluding hydrogens is 198 g/mol. The van der Waals surface area contributed by atoms with E-state index in [0.29, 0.717) is 6.29 Å². The molecule has 2 N–H and O–H groups in total. The van der Waals surface area contributed by atoms with Gasteiger partial charge < -0.3 is 19.7 Å². The minimum Gasteiger partial charge on any atom is -0.386 e. The number of carbonyl (C=O) groups is 1. The van der Waals surface area contributed by atoms with Crippen LogP contribution in [0, 0.1) is 11.8 Å². The Balaban J connectivity index is 2.30. The number of aliphatic hydroxyl groups is 2. The van der Waals surface area contributed by atoms with Gasteiger partial charge in [-0.2, -0.15) is 0 Å². The number of aldehydes is 1. The van der Waals surface area contributed by atoms with Crippen LogP contribution in [-0.4, -0.2) is 40.9 Å². The highest BCUT2D eigenvalue weighted by Crippen LogP contribution is 2.50. The van der Waals surface area contributed by atoms with E-state index in [9.17, 15) is 13.6 Å². The fraction of sp³-hybridized carbons (Fsp3) is 0.875. The van der Waals surface area contributed by atoms with Gasteiger partial charge in [0.05, 0.1) is 5.92 Å². The lowest BCUT2D eigenvalue weighted by Crippen LogP contribution is -2.40. The number of rotatable bonds is 1. The van der Waals surface area contributed by atoms with Crippen LogP contribution < -0.4 is 0 Å². The number of hydrogen-bond acceptors (Lipinski definition) is 4. The van der Waals surface area contributed by atoms with Crippen molar-refractivity contribution in [1.29, 1.82) is 0 Å². The molecule has 0 bridgehead atoms. The summed E-state index contributed by atoms with van der Waals surface area (Å²) in [7, 11) is 0. The third-order valence-corrected chi connectivity index (χ3v) is 2.96. The summed E-state index contributed by atoms with van der Waals surface area (Å²) < 4.78 is 31.1. The first-order valence-corrected chi connectivity index (χ1v) is 4.33. The molecule has 0 aromatic heterocycles. The summed E-state index contributed by atoms with van der Waals surface area (Å²) in [6, 6.07) is 0. The topological polar surface area (TPSA) is 66.8 Å². The number of aliphatic hydroxyl groups excluding tert-OH is 2. The zero-order valence-corrected chi connectivity index (χ0v) is 7.14. The van der Waals surface area contributed by atoms with Crippen molar-refractivity contribution in [3.8, 4) is 0 Å². The molecule has 1 saturated heterocycles. The first-order chi connectivity index (χ1) is 6.48. The summed E-state index contributed by atoms with van der Waals surface area (Å²) in [6.45, 7) is 0. The predicted octanol–water partition coefficient (Wildman–Crippen LogP) is -0.465. The third-order valence-electron chi connectivity index (χ3n) is 2.96. The molecule has 6 heteroatoms. The zero-order chi connectivity index (χ0) is 10.5. The number of carbonyl (C=O) groups excluding carboxylic acids is 1. The van der Waals surface area contributed by atoms with E-state index in [2.05, 4.69) is 4.74 Å². The fourth-order valence-corrected chi connectivity index (χ4v) is 2.25. The van der Waals surface area contributed by atoms with Crippen LogP contribution >= 0.6 is 0 Å². The Morgan fingerprint density at radius 2 is 2.07 bits per heavy atom. The van der Waals surface area contributed by atoms with Crippen molar-refractivity contribution in [1.82, 2.24) is 0 Å². The average molecular weight is 208 g/mol. The Morgan fingerprint density at radius 3 is 2.64 bits per heavy atom. The predicted molar refractivity (Wildman–Crippen MR) is 39.5 cm³/mol. The summed E-state index contributed by atoms with van der Waals surface area (Å²) >= 11 is 0.